The third-order valence-electron chi connectivity index (χ3n) is 3.62. The van der Waals surface area contributed by atoms with Crippen molar-refractivity contribution < 1.29 is 0 Å². The van der Waals surface area contributed by atoms with E-state index in [0.29, 0.717) is 6.04 Å². The average molecular weight is 344 g/mol. The minimum Gasteiger partial charge on any atom is -0.378 e. The third kappa shape index (κ3) is 3.10. The molecule has 1 heterocycles. The van der Waals surface area contributed by atoms with Gasteiger partial charge in [0.05, 0.1) is 17.1 Å². The molecule has 2 aromatic carbocycles. The number of fused-ring (bicyclic) bond motifs is 1. The number of anilines is 1. The summed E-state index contributed by atoms with van der Waals surface area (Å²) in [7, 11) is 0. The molecule has 2 N–H and O–H groups in total. The molecule has 3 nitrogen and oxygen atoms in total. The molecular weight excluding hydrogens is 326 g/mol. The highest BCUT2D eigenvalue weighted by Crippen LogP contribution is 2.25. The van der Waals surface area contributed by atoms with E-state index >= 15 is 0 Å². The lowest BCUT2D eigenvalue weighted by molar-refractivity contribution is 0.749. The van der Waals surface area contributed by atoms with E-state index in [1.165, 1.54) is 5.56 Å². The Bertz CT molecular complexity index is 746. The summed E-state index contributed by atoms with van der Waals surface area (Å²) in [5, 5.41) is 3.60. The number of imidazole rings is 1. The molecule has 0 fully saturated rings. The Morgan fingerprint density at radius 3 is 2.67 bits per heavy atom. The molecule has 1 aromatic heterocycles. The fourth-order valence-corrected chi connectivity index (χ4v) is 2.81. The second kappa shape index (κ2) is 5.90. The molecule has 3 rings (SSSR count). The van der Waals surface area contributed by atoms with Crippen molar-refractivity contribution >= 4 is 32.7 Å². The molecule has 0 aliphatic carbocycles. The SMILES string of the molecule is CCC(Nc1ccc2nc(C)[nH]c2c1)c1ccc(Br)cc1. The molecule has 0 saturated heterocycles. The molecule has 1 unspecified atom stereocenters. The van der Waals surface area contributed by atoms with Gasteiger partial charge in [0.15, 0.2) is 0 Å². The number of nitrogens with one attached hydrogen (secondary N) is 2. The van der Waals surface area contributed by atoms with Gasteiger partial charge in [0.1, 0.15) is 5.82 Å². The van der Waals surface area contributed by atoms with Crippen molar-refractivity contribution in [3.8, 4) is 0 Å². The van der Waals surface area contributed by atoms with Crippen molar-refractivity contribution in [1.82, 2.24) is 9.97 Å². The minimum atomic E-state index is 0.305. The summed E-state index contributed by atoms with van der Waals surface area (Å²) in [5.74, 6) is 0.946. The number of aryl methyl sites for hydroxylation is 1. The lowest BCUT2D eigenvalue weighted by Gasteiger charge is -2.19. The summed E-state index contributed by atoms with van der Waals surface area (Å²) in [6, 6.07) is 15.0. The molecule has 0 aliphatic heterocycles. The molecule has 0 saturated carbocycles. The molecule has 4 heteroatoms. The van der Waals surface area contributed by atoms with E-state index < -0.39 is 0 Å². The van der Waals surface area contributed by atoms with Crippen molar-refractivity contribution in [3.05, 3.63) is 58.3 Å². The molecule has 1 atom stereocenters. The van der Waals surface area contributed by atoms with Crippen LogP contribution in [0.25, 0.3) is 11.0 Å². The van der Waals surface area contributed by atoms with Crippen molar-refractivity contribution in [2.45, 2.75) is 26.3 Å². The smallest absolute Gasteiger partial charge is 0.104 e. The predicted octanol–water partition coefficient (Wildman–Crippen LogP) is 5.20. The topological polar surface area (TPSA) is 40.7 Å². The van der Waals surface area contributed by atoms with Gasteiger partial charge in [-0.2, -0.15) is 0 Å². The van der Waals surface area contributed by atoms with Crippen LogP contribution in [0, 0.1) is 6.92 Å². The van der Waals surface area contributed by atoms with E-state index in [0.717, 1.165) is 33.4 Å². The van der Waals surface area contributed by atoms with Gasteiger partial charge in [0.2, 0.25) is 0 Å². The Balaban J connectivity index is 1.86. The summed E-state index contributed by atoms with van der Waals surface area (Å²) < 4.78 is 1.11. The summed E-state index contributed by atoms with van der Waals surface area (Å²) in [6.45, 7) is 4.17. The fraction of sp³-hybridized carbons (Fsp3) is 0.235. The number of aromatic amines is 1. The quantitative estimate of drug-likeness (QED) is 0.683. The Kier molecular flexibility index (Phi) is 3.97. The second-order valence-corrected chi connectivity index (χ2v) is 6.13. The standard InChI is InChI=1S/C17H18BrN3/c1-3-15(12-4-6-13(18)7-5-12)21-14-8-9-16-17(10-14)20-11(2)19-16/h4-10,15,21H,3H2,1-2H3,(H,19,20). The molecule has 0 amide bonds. The van der Waals surface area contributed by atoms with Crippen LogP contribution in [0.2, 0.25) is 0 Å². The zero-order valence-corrected chi connectivity index (χ0v) is 13.7. The second-order valence-electron chi connectivity index (χ2n) is 5.21. The average Bonchev–Trinajstić information content (AvgIpc) is 2.85. The first-order valence-electron chi connectivity index (χ1n) is 7.14. The van der Waals surface area contributed by atoms with Gasteiger partial charge >= 0.3 is 0 Å². The van der Waals surface area contributed by atoms with Crippen molar-refractivity contribution in [1.29, 1.82) is 0 Å². The predicted molar refractivity (Wildman–Crippen MR) is 91.6 cm³/mol. The van der Waals surface area contributed by atoms with Gasteiger partial charge in [-0.15, -0.1) is 0 Å². The molecule has 0 radical (unpaired) electrons. The number of aromatic nitrogens is 2. The van der Waals surface area contributed by atoms with Crippen LogP contribution in [0.15, 0.2) is 46.9 Å². The zero-order valence-electron chi connectivity index (χ0n) is 12.2. The van der Waals surface area contributed by atoms with Gasteiger partial charge in [-0.1, -0.05) is 35.0 Å². The van der Waals surface area contributed by atoms with Crippen LogP contribution < -0.4 is 5.32 Å². The highest BCUT2D eigenvalue weighted by molar-refractivity contribution is 9.10. The number of rotatable bonds is 4. The number of nitrogens with zero attached hydrogens (tertiary/aromatic N) is 1. The van der Waals surface area contributed by atoms with Crippen LogP contribution in [0.3, 0.4) is 0 Å². The van der Waals surface area contributed by atoms with E-state index in [9.17, 15) is 0 Å². The third-order valence-corrected chi connectivity index (χ3v) is 4.15. The Hall–Kier alpha value is -1.81. The van der Waals surface area contributed by atoms with Gasteiger partial charge in [-0.25, -0.2) is 4.98 Å². The summed E-state index contributed by atoms with van der Waals surface area (Å²) in [5.41, 5.74) is 4.49. The number of H-pyrrole nitrogens is 1. The Morgan fingerprint density at radius 2 is 1.95 bits per heavy atom. The molecule has 0 spiro atoms. The first-order valence-corrected chi connectivity index (χ1v) is 7.93. The van der Waals surface area contributed by atoms with E-state index in [1.54, 1.807) is 0 Å². The van der Waals surface area contributed by atoms with Gasteiger partial charge in [0.25, 0.3) is 0 Å². The van der Waals surface area contributed by atoms with Crippen molar-refractivity contribution in [2.24, 2.45) is 0 Å². The number of hydrogen-bond donors (Lipinski definition) is 2. The zero-order chi connectivity index (χ0) is 14.8. The number of halogens is 1. The monoisotopic (exact) mass is 343 g/mol. The van der Waals surface area contributed by atoms with Crippen molar-refractivity contribution in [2.75, 3.05) is 5.32 Å². The summed E-state index contributed by atoms with van der Waals surface area (Å²) in [4.78, 5) is 7.71. The van der Waals surface area contributed by atoms with Crippen LogP contribution in [-0.2, 0) is 0 Å². The maximum Gasteiger partial charge on any atom is 0.104 e. The van der Waals surface area contributed by atoms with E-state index in [4.69, 9.17) is 0 Å². The molecule has 108 valence electrons. The summed E-state index contributed by atoms with van der Waals surface area (Å²) >= 11 is 3.48. The van der Waals surface area contributed by atoms with E-state index in [1.807, 2.05) is 6.92 Å². The normalized spacial score (nSPS) is 12.5. The van der Waals surface area contributed by atoms with Crippen molar-refractivity contribution in [3.63, 3.8) is 0 Å². The molecule has 0 bridgehead atoms. The lowest BCUT2D eigenvalue weighted by Crippen LogP contribution is -2.09. The molecule has 21 heavy (non-hydrogen) atoms. The number of hydrogen-bond acceptors (Lipinski definition) is 2. The molecule has 0 aliphatic rings. The first-order chi connectivity index (χ1) is 10.2. The molecular formula is C17H18BrN3. The highest BCUT2D eigenvalue weighted by Gasteiger charge is 2.10. The minimum absolute atomic E-state index is 0.305. The lowest BCUT2D eigenvalue weighted by atomic mass is 10.0. The maximum absolute atomic E-state index is 4.43. The van der Waals surface area contributed by atoms with Crippen LogP contribution in [0.5, 0.6) is 0 Å². The van der Waals surface area contributed by atoms with Gasteiger partial charge in [-0.05, 0) is 49.2 Å². The fourth-order valence-electron chi connectivity index (χ4n) is 2.54. The van der Waals surface area contributed by atoms with Crippen LogP contribution in [-0.4, -0.2) is 9.97 Å². The van der Waals surface area contributed by atoms with Gasteiger partial charge in [-0.3, -0.25) is 0 Å². The Labute approximate surface area is 132 Å². The van der Waals surface area contributed by atoms with Crippen LogP contribution in [0.1, 0.15) is 30.8 Å². The maximum atomic E-state index is 4.43. The Morgan fingerprint density at radius 1 is 1.19 bits per heavy atom. The van der Waals surface area contributed by atoms with E-state index in [2.05, 4.69) is 80.6 Å². The van der Waals surface area contributed by atoms with E-state index in [-0.39, 0.29) is 0 Å². The van der Waals surface area contributed by atoms with Gasteiger partial charge in [0, 0.05) is 10.2 Å². The molecule has 3 aromatic rings. The highest BCUT2D eigenvalue weighted by atomic mass is 79.9. The summed E-state index contributed by atoms with van der Waals surface area (Å²) in [6.07, 6.45) is 1.03. The number of benzene rings is 2. The first kappa shape index (κ1) is 14.1. The van der Waals surface area contributed by atoms with Crippen LogP contribution >= 0.6 is 15.9 Å². The van der Waals surface area contributed by atoms with Crippen LogP contribution in [0.4, 0.5) is 5.69 Å². The largest absolute Gasteiger partial charge is 0.378 e. The van der Waals surface area contributed by atoms with Gasteiger partial charge < -0.3 is 10.3 Å².